The SMILES string of the molecule is [Pt+2].[c-]1c2cc(-c3ccccc3)cc1Cc1cccc(n1)Cc1cccc(n1)Cc1[c-]c(cc(-c3ccccc3)c1)C2. The zero-order chi connectivity index (χ0) is 26.7. The molecule has 2 aromatic heterocycles. The predicted octanol–water partition coefficient (Wildman–Crippen LogP) is 8.09. The van der Waals surface area contributed by atoms with E-state index in [4.69, 9.17) is 9.97 Å². The molecule has 0 saturated carbocycles. The number of rotatable bonds is 2. The molecule has 0 aliphatic carbocycles. The Bertz CT molecular complexity index is 1660. The molecule has 1 aliphatic heterocycles. The Morgan fingerprint density at radius 2 is 0.732 bits per heavy atom. The van der Waals surface area contributed by atoms with E-state index in [1.165, 1.54) is 22.3 Å². The Labute approximate surface area is 256 Å². The summed E-state index contributed by atoms with van der Waals surface area (Å²) in [4.78, 5) is 10.0. The summed E-state index contributed by atoms with van der Waals surface area (Å²) in [7, 11) is 0. The molecule has 3 heteroatoms. The number of pyridine rings is 2. The minimum Gasteiger partial charge on any atom is -0.257 e. The predicted molar refractivity (Wildman–Crippen MR) is 161 cm³/mol. The van der Waals surface area contributed by atoms with Gasteiger partial charge in [-0.3, -0.25) is 9.97 Å². The van der Waals surface area contributed by atoms with Crippen LogP contribution in [0.25, 0.3) is 22.3 Å². The van der Waals surface area contributed by atoms with Gasteiger partial charge in [0.1, 0.15) is 0 Å². The fraction of sp³-hybridized carbons (Fsp3) is 0.105. The molecule has 0 fully saturated rings. The molecular weight excluding hydrogens is 680 g/mol. The van der Waals surface area contributed by atoms with Crippen LogP contribution in [0.2, 0.25) is 0 Å². The molecule has 8 bridgehead atoms. The van der Waals surface area contributed by atoms with Crippen molar-refractivity contribution >= 4 is 0 Å². The van der Waals surface area contributed by atoms with Gasteiger partial charge in [0.25, 0.3) is 0 Å². The standard InChI is InChI=1S/C38H28N2.Pt/c1-3-9-31(10-4-1)33-20-27-17-28-19-30(23-34(21-28)32-11-5-2-6-12-32)25-36-14-8-16-38(40-36)26-37-15-7-13-35(39-37)24-29(18-27)22-33;/h1-16,20-23H,17,24-26H2;/q-2;+2. The van der Waals surface area contributed by atoms with E-state index >= 15 is 0 Å². The van der Waals surface area contributed by atoms with Crippen LogP contribution in [0.15, 0.2) is 121 Å². The summed E-state index contributed by atoms with van der Waals surface area (Å²) in [5, 5.41) is 0. The summed E-state index contributed by atoms with van der Waals surface area (Å²) in [6, 6.07) is 50.4. The second-order valence-corrected chi connectivity index (χ2v) is 10.5. The van der Waals surface area contributed by atoms with Gasteiger partial charge in [0.2, 0.25) is 0 Å². The van der Waals surface area contributed by atoms with Gasteiger partial charge in [0, 0.05) is 29.2 Å². The van der Waals surface area contributed by atoms with E-state index in [9.17, 15) is 0 Å². The first-order chi connectivity index (χ1) is 19.7. The molecule has 200 valence electrons. The average Bonchev–Trinajstić information content (AvgIpc) is 2.98. The Balaban J connectivity index is 0.00000302. The molecule has 0 N–H and O–H groups in total. The van der Waals surface area contributed by atoms with Gasteiger partial charge in [0.05, 0.1) is 0 Å². The third kappa shape index (κ3) is 6.45. The molecular formula is C38H28N2Pt. The molecule has 7 rings (SSSR count). The van der Waals surface area contributed by atoms with E-state index < -0.39 is 0 Å². The summed E-state index contributed by atoms with van der Waals surface area (Å²) in [6.07, 6.45) is 2.92. The first-order valence-corrected chi connectivity index (χ1v) is 13.8. The van der Waals surface area contributed by atoms with E-state index in [0.29, 0.717) is 6.42 Å². The molecule has 0 saturated heterocycles. The van der Waals surface area contributed by atoms with Crippen LogP contribution >= 0.6 is 0 Å². The molecule has 0 radical (unpaired) electrons. The Morgan fingerprint density at radius 3 is 1.15 bits per heavy atom. The Kier molecular flexibility index (Phi) is 8.03. The topological polar surface area (TPSA) is 25.8 Å². The van der Waals surface area contributed by atoms with Gasteiger partial charge in [0.15, 0.2) is 0 Å². The zero-order valence-electron chi connectivity index (χ0n) is 22.6. The van der Waals surface area contributed by atoms with Crippen molar-refractivity contribution in [2.45, 2.75) is 25.7 Å². The number of nitrogens with zero attached hydrogens (tertiary/aromatic N) is 2. The maximum absolute atomic E-state index is 5.01. The quantitative estimate of drug-likeness (QED) is 0.170. The smallest absolute Gasteiger partial charge is 0.257 e. The molecule has 0 atom stereocenters. The summed E-state index contributed by atoms with van der Waals surface area (Å²) in [5.74, 6) is 0. The van der Waals surface area contributed by atoms with Crippen molar-refractivity contribution in [3.05, 3.63) is 178 Å². The van der Waals surface area contributed by atoms with Crippen molar-refractivity contribution in [3.63, 3.8) is 0 Å². The Morgan fingerprint density at radius 1 is 0.366 bits per heavy atom. The first kappa shape index (κ1) is 27.1. The van der Waals surface area contributed by atoms with E-state index in [1.54, 1.807) is 0 Å². The van der Waals surface area contributed by atoms with Gasteiger partial charge in [-0.2, -0.15) is 58.7 Å². The van der Waals surface area contributed by atoms with Crippen molar-refractivity contribution < 1.29 is 21.1 Å². The fourth-order valence-electron chi connectivity index (χ4n) is 5.60. The van der Waals surface area contributed by atoms with Crippen molar-refractivity contribution in [1.29, 1.82) is 0 Å². The molecule has 2 nitrogen and oxygen atoms in total. The normalized spacial score (nSPS) is 12.3. The third-order valence-electron chi connectivity index (χ3n) is 7.39. The van der Waals surface area contributed by atoms with Crippen molar-refractivity contribution in [2.24, 2.45) is 0 Å². The van der Waals surface area contributed by atoms with Crippen LogP contribution in [0.3, 0.4) is 0 Å². The summed E-state index contributed by atoms with van der Waals surface area (Å²) in [6.45, 7) is 0. The maximum Gasteiger partial charge on any atom is 2.00 e. The van der Waals surface area contributed by atoms with Crippen LogP contribution < -0.4 is 0 Å². The van der Waals surface area contributed by atoms with E-state index in [-0.39, 0.29) is 21.1 Å². The minimum absolute atomic E-state index is 0. The molecule has 6 aromatic rings. The maximum atomic E-state index is 5.01. The van der Waals surface area contributed by atoms with Gasteiger partial charge in [-0.25, -0.2) is 0 Å². The van der Waals surface area contributed by atoms with Crippen molar-refractivity contribution in [1.82, 2.24) is 9.97 Å². The molecule has 1 aliphatic rings. The summed E-state index contributed by atoms with van der Waals surface area (Å²) in [5.41, 5.74) is 13.6. The molecule has 0 spiro atoms. The van der Waals surface area contributed by atoms with E-state index in [2.05, 4.69) is 133 Å². The fourth-order valence-corrected chi connectivity index (χ4v) is 5.60. The number of benzene rings is 4. The largest absolute Gasteiger partial charge is 2.00 e. The number of hydrogen-bond donors (Lipinski definition) is 0. The average molecular weight is 708 g/mol. The number of hydrogen-bond acceptors (Lipinski definition) is 2. The van der Waals surface area contributed by atoms with Gasteiger partial charge in [-0.05, 0) is 54.7 Å². The van der Waals surface area contributed by atoms with Crippen LogP contribution in [0.4, 0.5) is 0 Å². The van der Waals surface area contributed by atoms with Crippen LogP contribution in [0.1, 0.15) is 45.0 Å². The van der Waals surface area contributed by atoms with Crippen molar-refractivity contribution in [3.8, 4) is 22.3 Å². The minimum atomic E-state index is 0. The Hall–Kier alpha value is -4.13. The molecule has 4 aromatic carbocycles. The van der Waals surface area contributed by atoms with Gasteiger partial charge in [-0.15, -0.1) is 11.1 Å². The second kappa shape index (κ2) is 12.2. The van der Waals surface area contributed by atoms with Gasteiger partial charge >= 0.3 is 21.1 Å². The first-order valence-electron chi connectivity index (χ1n) is 13.8. The van der Waals surface area contributed by atoms with Crippen LogP contribution in [0, 0.1) is 12.1 Å². The zero-order valence-corrected chi connectivity index (χ0v) is 24.9. The van der Waals surface area contributed by atoms with Crippen molar-refractivity contribution in [2.75, 3.05) is 0 Å². The summed E-state index contributed by atoms with van der Waals surface area (Å²) < 4.78 is 0. The molecule has 3 heterocycles. The molecule has 41 heavy (non-hydrogen) atoms. The number of fused-ring (bicyclic) bond motifs is 8. The van der Waals surface area contributed by atoms with E-state index in [1.807, 2.05) is 0 Å². The molecule has 0 amide bonds. The van der Waals surface area contributed by atoms with Gasteiger partial charge in [-0.1, -0.05) is 72.8 Å². The number of aromatic nitrogens is 2. The van der Waals surface area contributed by atoms with Crippen LogP contribution in [0.5, 0.6) is 0 Å². The van der Waals surface area contributed by atoms with E-state index in [0.717, 1.165) is 64.3 Å². The molecule has 0 unspecified atom stereocenters. The summed E-state index contributed by atoms with van der Waals surface area (Å²) >= 11 is 0. The second-order valence-electron chi connectivity index (χ2n) is 10.5. The van der Waals surface area contributed by atoms with Gasteiger partial charge < -0.3 is 0 Å². The van der Waals surface area contributed by atoms with Crippen LogP contribution in [-0.4, -0.2) is 9.97 Å². The monoisotopic (exact) mass is 707 g/mol. The van der Waals surface area contributed by atoms with Crippen LogP contribution in [-0.2, 0) is 46.7 Å². The third-order valence-corrected chi connectivity index (χ3v) is 7.39.